The summed E-state index contributed by atoms with van der Waals surface area (Å²) in [5.41, 5.74) is -0.0281. The molecule has 5 saturated heterocycles. The normalized spacial score (nSPS) is 56.6. The molecule has 5 aliphatic heterocycles. The van der Waals surface area contributed by atoms with E-state index < -0.39 is 142 Å². The summed E-state index contributed by atoms with van der Waals surface area (Å²) in [6.07, 6.45) is -21.1. The highest BCUT2D eigenvalue weighted by Gasteiger charge is 2.68. The molecule has 0 spiro atoms. The molecule has 73 heavy (non-hydrogen) atoms. The monoisotopic (exact) mass is 1050 g/mol. The molecule has 422 valence electrons. The zero-order chi connectivity index (χ0) is 52.8. The van der Waals surface area contributed by atoms with Crippen molar-refractivity contribution in [1.29, 1.82) is 0 Å². The molecular formula is C51H86O22. The van der Waals surface area contributed by atoms with E-state index in [1.165, 1.54) is 13.8 Å². The van der Waals surface area contributed by atoms with Crippen LogP contribution in [0, 0.1) is 52.3 Å². The van der Waals surface area contributed by atoms with E-state index in [-0.39, 0.29) is 53.3 Å². The predicted octanol–water partition coefficient (Wildman–Crippen LogP) is -1.90. The number of hydrogen-bond donors (Lipinski definition) is 13. The van der Waals surface area contributed by atoms with Crippen LogP contribution in [0.25, 0.3) is 0 Å². The first kappa shape index (κ1) is 56.8. The van der Waals surface area contributed by atoms with Crippen LogP contribution in [0.1, 0.15) is 106 Å². The maximum Gasteiger partial charge on any atom is 0.187 e. The molecule has 9 aliphatic rings. The van der Waals surface area contributed by atoms with Crippen LogP contribution in [0.15, 0.2) is 0 Å². The molecule has 0 unspecified atom stereocenters. The Morgan fingerprint density at radius 2 is 1.14 bits per heavy atom. The summed E-state index contributed by atoms with van der Waals surface area (Å²) in [6, 6.07) is 0. The zero-order valence-electron chi connectivity index (χ0n) is 42.9. The van der Waals surface area contributed by atoms with Gasteiger partial charge in [0.05, 0.1) is 44.2 Å². The highest BCUT2D eigenvalue weighted by Crippen LogP contribution is 2.71. The van der Waals surface area contributed by atoms with Crippen LogP contribution < -0.4 is 0 Å². The van der Waals surface area contributed by atoms with Crippen LogP contribution in [-0.2, 0) is 42.6 Å². The average molecular weight is 1050 g/mol. The Kier molecular flexibility index (Phi) is 17.1. The summed E-state index contributed by atoms with van der Waals surface area (Å²) in [5.74, 6) is 0.300. The van der Waals surface area contributed by atoms with Crippen molar-refractivity contribution in [3.05, 3.63) is 0 Å². The van der Waals surface area contributed by atoms with Gasteiger partial charge in [0.25, 0.3) is 0 Å². The number of aliphatic hydroxyl groups excluding tert-OH is 12. The van der Waals surface area contributed by atoms with Gasteiger partial charge in [0.15, 0.2) is 30.9 Å². The SMILES string of the molecule is C[C@H](CC[C@]1(O)O[C@H]2C[C@H]3[C@@H]4CC[C@H]5C[C@@H](O[C@@H]6O[C@H](CO)[C@@H](O[C@@H]7O[C@@H](C)[C@H](O)[C@@H](O)[C@H]7O)[C@H](O)[C@H]6O[C@@H]6O[C@@H](C)[C@H](O)[C@@H](O)[C@H]6O)CC[C@]5(C)[C@H]4CC[C@]3(C)[C@H]2[C@@H]1C)CO[C@@H]1O[C@H](CO)[C@@H](O)[C@H](O)[C@H]1O. The predicted molar refractivity (Wildman–Crippen MR) is 249 cm³/mol. The third-order valence-corrected chi connectivity index (χ3v) is 20.0. The van der Waals surface area contributed by atoms with Gasteiger partial charge in [-0.25, -0.2) is 0 Å². The Labute approximate surface area is 426 Å². The smallest absolute Gasteiger partial charge is 0.187 e. The summed E-state index contributed by atoms with van der Waals surface area (Å²) in [5, 5.41) is 139. The molecule has 0 amide bonds. The van der Waals surface area contributed by atoms with Crippen LogP contribution in [-0.4, -0.2) is 227 Å². The minimum Gasteiger partial charge on any atom is -0.394 e. The van der Waals surface area contributed by atoms with Gasteiger partial charge in [0, 0.05) is 12.3 Å². The van der Waals surface area contributed by atoms with E-state index in [2.05, 4.69) is 20.8 Å². The number of rotatable bonds is 14. The van der Waals surface area contributed by atoms with Gasteiger partial charge in [-0.1, -0.05) is 27.7 Å². The first-order valence-corrected chi connectivity index (χ1v) is 27.1. The lowest BCUT2D eigenvalue weighted by Crippen LogP contribution is -2.66. The maximum absolute atomic E-state index is 12.1. The molecule has 9 fully saturated rings. The van der Waals surface area contributed by atoms with Crippen molar-refractivity contribution in [2.45, 2.75) is 247 Å². The van der Waals surface area contributed by atoms with Crippen LogP contribution in [0.2, 0.25) is 0 Å². The topological polar surface area (TPSA) is 346 Å². The molecule has 0 aromatic carbocycles. The van der Waals surface area contributed by atoms with Crippen LogP contribution >= 0.6 is 0 Å². The van der Waals surface area contributed by atoms with Gasteiger partial charge >= 0.3 is 0 Å². The Hall–Kier alpha value is -0.880. The number of hydrogen-bond acceptors (Lipinski definition) is 22. The van der Waals surface area contributed by atoms with E-state index in [1.54, 1.807) is 0 Å². The minimum absolute atomic E-state index is 0.00150. The number of aliphatic hydroxyl groups is 13. The first-order chi connectivity index (χ1) is 34.5. The largest absolute Gasteiger partial charge is 0.394 e. The summed E-state index contributed by atoms with van der Waals surface area (Å²) in [4.78, 5) is 0. The fourth-order valence-electron chi connectivity index (χ4n) is 15.5. The van der Waals surface area contributed by atoms with Gasteiger partial charge in [-0.3, -0.25) is 0 Å². The number of fused-ring (bicyclic) bond motifs is 7. The molecule has 9 rings (SSSR count). The van der Waals surface area contributed by atoms with Crippen molar-refractivity contribution in [2.75, 3.05) is 19.8 Å². The summed E-state index contributed by atoms with van der Waals surface area (Å²) < 4.78 is 54.7. The lowest BCUT2D eigenvalue weighted by Gasteiger charge is -2.61. The maximum atomic E-state index is 12.1. The van der Waals surface area contributed by atoms with Gasteiger partial charge in [-0.05, 0) is 118 Å². The van der Waals surface area contributed by atoms with E-state index in [0.717, 1.165) is 38.5 Å². The molecule has 13 N–H and O–H groups in total. The van der Waals surface area contributed by atoms with Crippen molar-refractivity contribution in [1.82, 2.24) is 0 Å². The Morgan fingerprint density at radius 1 is 0.562 bits per heavy atom. The van der Waals surface area contributed by atoms with Gasteiger partial charge in [0.2, 0.25) is 0 Å². The third kappa shape index (κ3) is 10.2. The molecule has 22 heteroatoms. The summed E-state index contributed by atoms with van der Waals surface area (Å²) in [7, 11) is 0. The van der Waals surface area contributed by atoms with Gasteiger partial charge in [0.1, 0.15) is 85.5 Å². The minimum atomic E-state index is -1.74. The lowest BCUT2D eigenvalue weighted by atomic mass is 9.44. The zero-order valence-corrected chi connectivity index (χ0v) is 42.9. The molecule has 22 nitrogen and oxygen atoms in total. The molecule has 32 atom stereocenters. The first-order valence-electron chi connectivity index (χ1n) is 27.1. The fraction of sp³-hybridized carbons (Fsp3) is 1.00. The number of ether oxygens (including phenoxy) is 9. The Bertz CT molecular complexity index is 1840. The van der Waals surface area contributed by atoms with Gasteiger partial charge in [-0.15, -0.1) is 0 Å². The van der Waals surface area contributed by atoms with Crippen molar-refractivity contribution >= 4 is 0 Å². The van der Waals surface area contributed by atoms with Crippen molar-refractivity contribution in [3.8, 4) is 0 Å². The fourth-order valence-corrected chi connectivity index (χ4v) is 15.5. The Morgan fingerprint density at radius 3 is 1.77 bits per heavy atom. The molecular weight excluding hydrogens is 965 g/mol. The quantitative estimate of drug-likeness (QED) is 0.0845. The van der Waals surface area contributed by atoms with E-state index in [9.17, 15) is 66.4 Å². The molecule has 4 saturated carbocycles. The summed E-state index contributed by atoms with van der Waals surface area (Å²) >= 11 is 0. The summed E-state index contributed by atoms with van der Waals surface area (Å²) in [6.45, 7) is 10.8. The van der Waals surface area contributed by atoms with Crippen LogP contribution in [0.5, 0.6) is 0 Å². The Balaban J connectivity index is 0.830. The van der Waals surface area contributed by atoms with Gasteiger partial charge in [-0.2, -0.15) is 0 Å². The van der Waals surface area contributed by atoms with Crippen molar-refractivity contribution < 1.29 is 109 Å². The lowest BCUT2D eigenvalue weighted by molar-refractivity contribution is -0.389. The molecule has 5 heterocycles. The second-order valence-electron chi connectivity index (χ2n) is 24.2. The highest BCUT2D eigenvalue weighted by molar-refractivity contribution is 5.15. The second kappa shape index (κ2) is 22.0. The van der Waals surface area contributed by atoms with E-state index in [1.807, 2.05) is 6.92 Å². The van der Waals surface area contributed by atoms with Crippen LogP contribution in [0.3, 0.4) is 0 Å². The van der Waals surface area contributed by atoms with E-state index in [0.29, 0.717) is 43.4 Å². The average Bonchev–Trinajstić information content (AvgIpc) is 3.80. The molecule has 0 radical (unpaired) electrons. The molecule has 0 aromatic heterocycles. The second-order valence-corrected chi connectivity index (χ2v) is 24.2. The standard InChI is InChI=1S/C51H86O22/c1-20(19-65-45-39(60)38(59)35(56)30(17-52)69-45)9-14-51(64)21(2)32-29(73-51)16-28-26-8-7-24-15-25(10-12-49(24,5)27(26)11-13-50(28,32)6)68-48-44(72-47-41(62)37(58)34(55)23(4)67-47)42(63)43(31(18-53)70-48)71-46-40(61)36(57)33(54)22(3)66-46/h20-48,52-64H,7-19H2,1-6H3/t20-,21+,22+,23+,24+,25+,26-,27+,28+,29+,30-,31-,32+,33+,34+,35-,36-,37-,38+,39-,40-,41-,42+,43-,44-,45-,46+,47+,48-,49+,50+,51+/m1/s1. The van der Waals surface area contributed by atoms with E-state index >= 15 is 0 Å². The van der Waals surface area contributed by atoms with Crippen molar-refractivity contribution in [3.63, 3.8) is 0 Å². The van der Waals surface area contributed by atoms with Gasteiger partial charge < -0.3 is 109 Å². The van der Waals surface area contributed by atoms with E-state index in [4.69, 9.17) is 42.6 Å². The highest BCUT2D eigenvalue weighted by atomic mass is 16.8. The third-order valence-electron chi connectivity index (χ3n) is 20.0. The van der Waals surface area contributed by atoms with Crippen LogP contribution in [0.4, 0.5) is 0 Å². The van der Waals surface area contributed by atoms with Crippen molar-refractivity contribution in [2.24, 2.45) is 52.3 Å². The molecule has 4 aliphatic carbocycles. The molecule has 0 aromatic rings. The molecule has 0 bridgehead atoms.